The van der Waals surface area contributed by atoms with Gasteiger partial charge in [-0.05, 0) is 83.3 Å². The molecule has 5 heterocycles. The average Bonchev–Trinajstić information content (AvgIpc) is 3.72. The molecule has 0 amide bonds. The second-order valence-electron chi connectivity index (χ2n) is 11.7. The van der Waals surface area contributed by atoms with Crippen molar-refractivity contribution >= 4 is 61.3 Å². The number of nitrogen functional groups attached to an aromatic ring is 1. The van der Waals surface area contributed by atoms with Crippen molar-refractivity contribution in [3.63, 3.8) is 0 Å². The van der Waals surface area contributed by atoms with Gasteiger partial charge in [-0.2, -0.15) is 9.97 Å². The fraction of sp³-hybridized carbons (Fsp3) is 0.438. The first-order valence-corrected chi connectivity index (χ1v) is 16.2. The van der Waals surface area contributed by atoms with Gasteiger partial charge in [0.2, 0.25) is 0 Å². The van der Waals surface area contributed by atoms with Crippen LogP contribution in [0.15, 0.2) is 18.2 Å². The van der Waals surface area contributed by atoms with Crippen molar-refractivity contribution in [2.45, 2.75) is 44.6 Å². The van der Waals surface area contributed by atoms with E-state index in [1.165, 1.54) is 12.1 Å². The number of nitrogens with zero attached hydrogens (tertiary/aromatic N) is 6. The Morgan fingerprint density at radius 3 is 2.58 bits per heavy atom. The molecule has 7 rings (SSSR count). The largest absolute Gasteiger partial charge is 0.461 e. The molecule has 2 aromatic heterocycles. The Bertz CT molecular complexity index is 1810. The van der Waals surface area contributed by atoms with E-state index in [-0.39, 0.29) is 43.0 Å². The summed E-state index contributed by atoms with van der Waals surface area (Å²) in [6, 6.07) is 4.62. The summed E-state index contributed by atoms with van der Waals surface area (Å²) in [5.74, 6) is 4.08. The van der Waals surface area contributed by atoms with Crippen LogP contribution in [0.2, 0.25) is 5.02 Å². The van der Waals surface area contributed by atoms with Crippen LogP contribution in [0, 0.1) is 23.5 Å². The summed E-state index contributed by atoms with van der Waals surface area (Å²) in [6.07, 6.45) is 5.98. The second-order valence-corrected chi connectivity index (χ2v) is 13.1. The first-order valence-electron chi connectivity index (χ1n) is 15.0. The molecule has 45 heavy (non-hydrogen) atoms. The number of hydrogen-bond acceptors (Lipinski definition) is 10. The van der Waals surface area contributed by atoms with Gasteiger partial charge in [-0.1, -0.05) is 28.9 Å². The topological polar surface area (TPSA) is 101 Å². The zero-order valence-electron chi connectivity index (χ0n) is 25.2. The highest BCUT2D eigenvalue weighted by Gasteiger charge is 2.45. The SMILES string of the molecule is CC#CC=O.CN1CCCN(c2nc(OCC34CCCN3CCC4)nc3c(F)c(-c4ccc(F)c5sc(N)nc45)c(Cl)cc23)C1. The molecule has 2 N–H and O–H groups in total. The van der Waals surface area contributed by atoms with Gasteiger partial charge in [0.15, 0.2) is 17.2 Å². The highest BCUT2D eigenvalue weighted by molar-refractivity contribution is 7.22. The lowest BCUT2D eigenvalue weighted by molar-refractivity contribution is -0.103. The van der Waals surface area contributed by atoms with E-state index in [0.717, 1.165) is 69.6 Å². The van der Waals surface area contributed by atoms with Gasteiger partial charge in [-0.25, -0.2) is 13.8 Å². The lowest BCUT2D eigenvalue weighted by Crippen LogP contribution is -2.44. The van der Waals surface area contributed by atoms with Crippen molar-refractivity contribution < 1.29 is 18.3 Å². The summed E-state index contributed by atoms with van der Waals surface area (Å²) >= 11 is 7.78. The fourth-order valence-electron chi connectivity index (χ4n) is 6.76. The monoisotopic (exact) mass is 653 g/mol. The van der Waals surface area contributed by atoms with Crippen molar-refractivity contribution in [3.8, 4) is 29.0 Å². The Morgan fingerprint density at radius 1 is 1.11 bits per heavy atom. The van der Waals surface area contributed by atoms with Gasteiger partial charge < -0.3 is 15.4 Å². The van der Waals surface area contributed by atoms with Crippen LogP contribution in [-0.4, -0.2) is 83.1 Å². The number of anilines is 2. The average molecular weight is 654 g/mol. The first kappa shape index (κ1) is 31.4. The van der Waals surface area contributed by atoms with E-state index in [9.17, 15) is 9.18 Å². The van der Waals surface area contributed by atoms with Gasteiger partial charge in [0.25, 0.3) is 0 Å². The zero-order chi connectivity index (χ0) is 31.7. The van der Waals surface area contributed by atoms with Crippen molar-refractivity contribution in [3.05, 3.63) is 34.9 Å². The molecule has 0 aliphatic carbocycles. The lowest BCUT2D eigenvalue weighted by Gasteiger charge is -2.35. The van der Waals surface area contributed by atoms with Gasteiger partial charge in [-0.15, -0.1) is 0 Å². The lowest BCUT2D eigenvalue weighted by atomic mass is 9.95. The molecule has 0 atom stereocenters. The Hall–Kier alpha value is -3.63. The molecule has 0 radical (unpaired) electrons. The minimum Gasteiger partial charge on any atom is -0.461 e. The molecule has 9 nitrogen and oxygen atoms in total. The Balaban J connectivity index is 0.000000664. The predicted octanol–water partition coefficient (Wildman–Crippen LogP) is 5.74. The van der Waals surface area contributed by atoms with Crippen LogP contribution in [0.1, 0.15) is 39.0 Å². The third kappa shape index (κ3) is 6.02. The van der Waals surface area contributed by atoms with E-state index < -0.39 is 11.6 Å². The van der Waals surface area contributed by atoms with E-state index in [1.807, 2.05) is 7.05 Å². The molecule has 13 heteroatoms. The third-order valence-corrected chi connectivity index (χ3v) is 9.98. The van der Waals surface area contributed by atoms with Crippen molar-refractivity contribution in [1.82, 2.24) is 24.8 Å². The minimum atomic E-state index is -0.623. The van der Waals surface area contributed by atoms with Gasteiger partial charge in [0.1, 0.15) is 23.8 Å². The normalized spacial score (nSPS) is 17.9. The number of carbonyl (C=O) groups is 1. The molecule has 3 aliphatic heterocycles. The Labute approximate surface area is 269 Å². The van der Waals surface area contributed by atoms with Gasteiger partial charge in [-0.3, -0.25) is 14.6 Å². The molecule has 0 spiro atoms. The molecular formula is C32H34ClF2N7O2S. The Kier molecular flexibility index (Phi) is 9.06. The van der Waals surface area contributed by atoms with Gasteiger partial charge in [0, 0.05) is 29.6 Å². The predicted molar refractivity (Wildman–Crippen MR) is 175 cm³/mol. The quantitative estimate of drug-likeness (QED) is 0.214. The van der Waals surface area contributed by atoms with Crippen LogP contribution >= 0.6 is 22.9 Å². The number of thiazole rings is 1. The number of halogens is 3. The fourth-order valence-corrected chi connectivity index (χ4v) is 7.82. The highest BCUT2D eigenvalue weighted by atomic mass is 35.5. The molecule has 3 fully saturated rings. The highest BCUT2D eigenvalue weighted by Crippen LogP contribution is 2.43. The number of ether oxygens (including phenoxy) is 1. The van der Waals surface area contributed by atoms with Crippen LogP contribution in [0.3, 0.4) is 0 Å². The van der Waals surface area contributed by atoms with Crippen LogP contribution in [0.25, 0.3) is 32.2 Å². The standard InChI is InChI=1S/C28H30ClF2N7OS.C4H4O/c1-36-9-4-10-37(15-36)25-17-13-18(29)20(16-5-6-19(30)24-23(16)33-26(32)40-24)21(31)22(17)34-27(35-25)39-14-28-7-2-11-38(28)12-3-8-28;1-2-3-4-5/h5-6,13H,2-4,7-12,14-15H2,1H3,(H2,32,33);4H,1H3. The number of hydrogen-bond donors (Lipinski definition) is 1. The number of benzene rings is 2. The summed E-state index contributed by atoms with van der Waals surface area (Å²) in [5, 5.41) is 0.867. The van der Waals surface area contributed by atoms with Crippen molar-refractivity contribution in [2.75, 3.05) is 57.1 Å². The summed E-state index contributed by atoms with van der Waals surface area (Å²) in [4.78, 5) is 29.8. The molecule has 4 aromatic rings. The first-order chi connectivity index (χ1) is 21.7. The zero-order valence-corrected chi connectivity index (χ0v) is 26.8. The van der Waals surface area contributed by atoms with Gasteiger partial charge >= 0.3 is 6.01 Å². The Morgan fingerprint density at radius 2 is 1.89 bits per heavy atom. The molecule has 3 aliphatic rings. The minimum absolute atomic E-state index is 0.00219. The summed E-state index contributed by atoms with van der Waals surface area (Å²) in [7, 11) is 2.05. The number of aldehydes is 1. The molecule has 2 aromatic carbocycles. The summed E-state index contributed by atoms with van der Waals surface area (Å²) in [6.45, 7) is 6.63. The molecule has 0 saturated carbocycles. The van der Waals surface area contributed by atoms with Crippen LogP contribution < -0.4 is 15.4 Å². The molecular weight excluding hydrogens is 620 g/mol. The number of aromatic nitrogens is 3. The van der Waals surface area contributed by atoms with E-state index in [4.69, 9.17) is 27.1 Å². The van der Waals surface area contributed by atoms with E-state index in [1.54, 1.807) is 13.0 Å². The maximum atomic E-state index is 16.6. The molecule has 3 saturated heterocycles. The van der Waals surface area contributed by atoms with E-state index in [0.29, 0.717) is 36.3 Å². The van der Waals surface area contributed by atoms with Crippen LogP contribution in [-0.2, 0) is 4.79 Å². The number of fused-ring (bicyclic) bond motifs is 3. The van der Waals surface area contributed by atoms with Crippen molar-refractivity contribution in [1.29, 1.82) is 0 Å². The molecule has 0 unspecified atom stereocenters. The van der Waals surface area contributed by atoms with E-state index in [2.05, 4.69) is 36.5 Å². The van der Waals surface area contributed by atoms with Crippen LogP contribution in [0.5, 0.6) is 6.01 Å². The van der Waals surface area contributed by atoms with E-state index >= 15 is 4.39 Å². The number of carbonyl (C=O) groups excluding carboxylic acids is 1. The second kappa shape index (κ2) is 13.0. The summed E-state index contributed by atoms with van der Waals surface area (Å²) in [5.41, 5.74) is 6.74. The number of nitrogens with two attached hydrogens (primary N) is 1. The smallest absolute Gasteiger partial charge is 0.319 e. The van der Waals surface area contributed by atoms with Gasteiger partial charge in [0.05, 0.1) is 27.4 Å². The third-order valence-electron chi connectivity index (χ3n) is 8.79. The molecule has 0 bridgehead atoms. The van der Waals surface area contributed by atoms with Crippen LogP contribution in [0.4, 0.5) is 19.7 Å². The molecule has 236 valence electrons. The summed E-state index contributed by atoms with van der Waals surface area (Å²) < 4.78 is 37.7. The maximum Gasteiger partial charge on any atom is 0.319 e. The number of rotatable bonds is 5. The maximum absolute atomic E-state index is 16.6. The van der Waals surface area contributed by atoms with Crippen molar-refractivity contribution in [2.24, 2.45) is 0 Å².